The number of piperidine rings is 1. The van der Waals surface area contributed by atoms with Crippen molar-refractivity contribution in [2.45, 2.75) is 25.1 Å². The molecule has 0 amide bonds. The fourth-order valence-electron chi connectivity index (χ4n) is 2.17. The highest BCUT2D eigenvalue weighted by atomic mass is 35.5. The topological polar surface area (TPSA) is 23.5 Å². The summed E-state index contributed by atoms with van der Waals surface area (Å²) < 4.78 is 13.8. The number of aliphatic hydroxyl groups excluding tert-OH is 1. The third-order valence-corrected chi connectivity index (χ3v) is 4.16. The van der Waals surface area contributed by atoms with E-state index in [2.05, 4.69) is 4.90 Å². The van der Waals surface area contributed by atoms with Gasteiger partial charge in [-0.3, -0.25) is 4.90 Å². The van der Waals surface area contributed by atoms with E-state index in [0.717, 1.165) is 12.1 Å². The molecule has 1 fully saturated rings. The molecule has 2 nitrogen and oxygen atoms in total. The summed E-state index contributed by atoms with van der Waals surface area (Å²) in [6.45, 7) is 1.65. The number of benzene rings is 1. The van der Waals surface area contributed by atoms with Crippen LogP contribution in [0.15, 0.2) is 18.2 Å². The van der Waals surface area contributed by atoms with Gasteiger partial charge in [0.2, 0.25) is 0 Å². The zero-order valence-corrected chi connectivity index (χ0v) is 11.5. The summed E-state index contributed by atoms with van der Waals surface area (Å²) in [6, 6.07) is 5.54. The molecule has 0 aromatic heterocycles. The van der Waals surface area contributed by atoms with Crippen LogP contribution < -0.4 is 0 Å². The normalized spacial score (nSPS) is 20.0. The first-order valence-electron chi connectivity index (χ1n) is 5.98. The molecule has 0 bridgehead atoms. The number of nitrogens with zero attached hydrogens (tertiary/aromatic N) is 1. The number of hydrogen-bond donors (Lipinski definition) is 1. The van der Waals surface area contributed by atoms with Gasteiger partial charge in [-0.1, -0.05) is 29.3 Å². The van der Waals surface area contributed by atoms with Crippen molar-refractivity contribution in [3.63, 3.8) is 0 Å². The monoisotopic (exact) mass is 291 g/mol. The van der Waals surface area contributed by atoms with Crippen LogP contribution in [0.5, 0.6) is 0 Å². The summed E-state index contributed by atoms with van der Waals surface area (Å²) in [5.74, 6) is 0. The lowest BCUT2D eigenvalue weighted by Gasteiger charge is -2.35. The van der Waals surface area contributed by atoms with Crippen molar-refractivity contribution in [2.24, 2.45) is 0 Å². The Morgan fingerprint density at radius 3 is 2.44 bits per heavy atom. The van der Waals surface area contributed by atoms with Crippen LogP contribution in [0.25, 0.3) is 0 Å². The van der Waals surface area contributed by atoms with Gasteiger partial charge in [-0.2, -0.15) is 0 Å². The van der Waals surface area contributed by atoms with Crippen molar-refractivity contribution in [3.8, 4) is 0 Å². The van der Waals surface area contributed by atoms with Crippen molar-refractivity contribution < 1.29 is 9.50 Å². The van der Waals surface area contributed by atoms with E-state index in [0.29, 0.717) is 36.0 Å². The van der Waals surface area contributed by atoms with Crippen LogP contribution in [-0.4, -0.2) is 35.4 Å². The second kappa shape index (κ2) is 5.74. The van der Waals surface area contributed by atoms with Crippen molar-refractivity contribution in [3.05, 3.63) is 33.8 Å². The average Bonchev–Trinajstić information content (AvgIpc) is 2.37. The Kier molecular flexibility index (Phi) is 4.49. The molecule has 1 N–H and O–H groups in total. The molecule has 1 aromatic rings. The Morgan fingerprint density at radius 1 is 1.22 bits per heavy atom. The van der Waals surface area contributed by atoms with E-state index in [1.807, 2.05) is 12.1 Å². The minimum atomic E-state index is -1.39. The highest BCUT2D eigenvalue weighted by Crippen LogP contribution is 2.28. The smallest absolute Gasteiger partial charge is 0.136 e. The number of alkyl halides is 1. The molecule has 0 atom stereocenters. The number of aliphatic hydroxyl groups is 1. The average molecular weight is 292 g/mol. The maximum Gasteiger partial charge on any atom is 0.136 e. The summed E-state index contributed by atoms with van der Waals surface area (Å²) in [7, 11) is 0. The van der Waals surface area contributed by atoms with E-state index in [1.54, 1.807) is 6.07 Å². The second-order valence-corrected chi connectivity index (χ2v) is 5.65. The number of rotatable bonds is 3. The Labute approximate surface area is 116 Å². The lowest BCUT2D eigenvalue weighted by Crippen LogP contribution is -2.43. The number of halogens is 3. The quantitative estimate of drug-likeness (QED) is 0.924. The largest absolute Gasteiger partial charge is 0.393 e. The van der Waals surface area contributed by atoms with E-state index >= 15 is 0 Å². The third kappa shape index (κ3) is 3.35. The van der Waals surface area contributed by atoms with Gasteiger partial charge in [-0.15, -0.1) is 0 Å². The van der Waals surface area contributed by atoms with E-state index in [1.165, 1.54) is 0 Å². The molecule has 2 rings (SSSR count). The van der Waals surface area contributed by atoms with Crippen LogP contribution in [0.4, 0.5) is 4.39 Å². The van der Waals surface area contributed by atoms with Crippen LogP contribution in [0.2, 0.25) is 10.0 Å². The fourth-order valence-corrected chi connectivity index (χ4v) is 2.49. The number of hydrogen-bond acceptors (Lipinski definition) is 2. The van der Waals surface area contributed by atoms with Crippen molar-refractivity contribution in [1.82, 2.24) is 4.90 Å². The van der Waals surface area contributed by atoms with E-state index in [9.17, 15) is 4.39 Å². The molecule has 0 unspecified atom stereocenters. The van der Waals surface area contributed by atoms with Gasteiger partial charge in [0, 0.05) is 19.6 Å². The Hall–Kier alpha value is -0.350. The number of likely N-dealkylation sites (tertiary alicyclic amines) is 1. The Bertz CT molecular complexity index is 419. The van der Waals surface area contributed by atoms with Crippen LogP contribution >= 0.6 is 23.2 Å². The second-order valence-electron chi connectivity index (χ2n) is 4.83. The van der Waals surface area contributed by atoms with Crippen LogP contribution in [-0.2, 0) is 6.54 Å². The molecule has 0 aliphatic carbocycles. The van der Waals surface area contributed by atoms with Gasteiger partial charge in [0.25, 0.3) is 0 Å². The third-order valence-electron chi connectivity index (χ3n) is 3.43. The van der Waals surface area contributed by atoms with Crippen LogP contribution in [0, 0.1) is 0 Å². The molecule has 1 heterocycles. The zero-order valence-electron chi connectivity index (χ0n) is 10.0. The van der Waals surface area contributed by atoms with Crippen molar-refractivity contribution >= 4 is 23.2 Å². The molecule has 1 aromatic carbocycles. The molecule has 1 aliphatic heterocycles. The summed E-state index contributed by atoms with van der Waals surface area (Å²) >= 11 is 11.8. The molecular formula is C13H16Cl2FNO. The molecule has 0 spiro atoms. The maximum absolute atomic E-state index is 13.8. The van der Waals surface area contributed by atoms with Gasteiger partial charge < -0.3 is 5.11 Å². The van der Waals surface area contributed by atoms with Gasteiger partial charge >= 0.3 is 0 Å². The first kappa shape index (κ1) is 14.1. The summed E-state index contributed by atoms with van der Waals surface area (Å²) in [6.07, 6.45) is 0.760. The molecule has 5 heteroatoms. The summed E-state index contributed by atoms with van der Waals surface area (Å²) in [5.41, 5.74) is -0.325. The molecule has 0 radical (unpaired) electrons. The van der Waals surface area contributed by atoms with E-state index in [4.69, 9.17) is 28.3 Å². The molecule has 1 saturated heterocycles. The zero-order chi connectivity index (χ0) is 13.2. The fraction of sp³-hybridized carbons (Fsp3) is 0.538. The van der Waals surface area contributed by atoms with Crippen molar-refractivity contribution in [1.29, 1.82) is 0 Å². The van der Waals surface area contributed by atoms with E-state index in [-0.39, 0.29) is 6.61 Å². The molecular weight excluding hydrogens is 276 g/mol. The Balaban J connectivity index is 1.93. The lowest BCUT2D eigenvalue weighted by molar-refractivity contribution is 0.00674. The lowest BCUT2D eigenvalue weighted by atomic mass is 9.94. The van der Waals surface area contributed by atoms with Crippen LogP contribution in [0.3, 0.4) is 0 Å². The van der Waals surface area contributed by atoms with Gasteiger partial charge in [0.1, 0.15) is 5.67 Å². The standard InChI is InChI=1S/C13H16Cl2FNO/c14-11-2-1-10(7-12(11)15)8-17-5-3-13(16,9-18)4-6-17/h1-2,7,18H,3-6,8-9H2. The SMILES string of the molecule is OCC1(F)CCN(Cc2ccc(Cl)c(Cl)c2)CC1. The van der Waals surface area contributed by atoms with Gasteiger partial charge in [0.15, 0.2) is 0 Å². The van der Waals surface area contributed by atoms with Crippen LogP contribution in [0.1, 0.15) is 18.4 Å². The molecule has 18 heavy (non-hydrogen) atoms. The molecule has 1 aliphatic rings. The first-order chi connectivity index (χ1) is 8.52. The summed E-state index contributed by atoms with van der Waals surface area (Å²) in [4.78, 5) is 2.16. The minimum Gasteiger partial charge on any atom is -0.393 e. The Morgan fingerprint density at radius 2 is 1.89 bits per heavy atom. The first-order valence-corrected chi connectivity index (χ1v) is 6.74. The molecule has 100 valence electrons. The van der Waals surface area contributed by atoms with Crippen molar-refractivity contribution in [2.75, 3.05) is 19.7 Å². The van der Waals surface area contributed by atoms with Gasteiger partial charge in [0.05, 0.1) is 16.7 Å². The summed E-state index contributed by atoms with van der Waals surface area (Å²) in [5, 5.41) is 10.1. The minimum absolute atomic E-state index is 0.380. The maximum atomic E-state index is 13.8. The highest BCUT2D eigenvalue weighted by Gasteiger charge is 2.33. The highest BCUT2D eigenvalue weighted by molar-refractivity contribution is 6.42. The predicted molar refractivity (Wildman–Crippen MR) is 71.9 cm³/mol. The van der Waals surface area contributed by atoms with Gasteiger partial charge in [-0.25, -0.2) is 4.39 Å². The van der Waals surface area contributed by atoms with Gasteiger partial charge in [-0.05, 0) is 30.5 Å². The van der Waals surface area contributed by atoms with E-state index < -0.39 is 5.67 Å². The predicted octanol–water partition coefficient (Wildman–Crippen LogP) is 3.29. The molecule has 0 saturated carbocycles.